The SMILES string of the molecule is COc1cccc(-c2n[nH]c3c2C(c2cccc(O)c2)N(C)C3=O)c1. The number of amides is 1. The van der Waals surface area contributed by atoms with Gasteiger partial charge in [-0.05, 0) is 29.8 Å². The molecule has 1 atom stereocenters. The fourth-order valence-corrected chi connectivity index (χ4v) is 3.34. The van der Waals surface area contributed by atoms with Crippen molar-refractivity contribution in [2.45, 2.75) is 6.04 Å². The number of ether oxygens (including phenoxy) is 1. The lowest BCUT2D eigenvalue weighted by Gasteiger charge is -2.22. The lowest BCUT2D eigenvalue weighted by molar-refractivity contribution is 0.0787. The molecule has 1 amide bonds. The fourth-order valence-electron chi connectivity index (χ4n) is 3.34. The van der Waals surface area contributed by atoms with E-state index in [4.69, 9.17) is 4.74 Å². The number of rotatable bonds is 3. The van der Waals surface area contributed by atoms with Crippen LogP contribution in [0.4, 0.5) is 0 Å². The van der Waals surface area contributed by atoms with E-state index in [0.717, 1.165) is 22.4 Å². The van der Waals surface area contributed by atoms with Gasteiger partial charge < -0.3 is 14.7 Å². The second-order valence-electron chi connectivity index (χ2n) is 6.01. The van der Waals surface area contributed by atoms with E-state index in [9.17, 15) is 9.90 Å². The molecule has 25 heavy (non-hydrogen) atoms. The molecule has 0 saturated carbocycles. The predicted molar refractivity (Wildman–Crippen MR) is 92.6 cm³/mol. The van der Waals surface area contributed by atoms with Crippen molar-refractivity contribution in [1.82, 2.24) is 15.1 Å². The third-order valence-corrected chi connectivity index (χ3v) is 4.53. The van der Waals surface area contributed by atoms with Crippen LogP contribution in [0.15, 0.2) is 48.5 Å². The number of carbonyl (C=O) groups is 1. The predicted octanol–water partition coefficient (Wildman–Crippen LogP) is 2.97. The molecule has 0 fully saturated rings. The van der Waals surface area contributed by atoms with Crippen molar-refractivity contribution < 1.29 is 14.6 Å². The van der Waals surface area contributed by atoms with E-state index in [1.54, 1.807) is 37.3 Å². The van der Waals surface area contributed by atoms with Gasteiger partial charge in [-0.1, -0.05) is 24.3 Å². The first-order valence-corrected chi connectivity index (χ1v) is 7.89. The Morgan fingerprint density at radius 2 is 2.00 bits per heavy atom. The number of phenolic OH excluding ortho intramolecular Hbond substituents is 1. The van der Waals surface area contributed by atoms with Gasteiger partial charge in [0.25, 0.3) is 5.91 Å². The van der Waals surface area contributed by atoms with Gasteiger partial charge in [0.05, 0.1) is 18.8 Å². The van der Waals surface area contributed by atoms with Crippen molar-refractivity contribution in [2.24, 2.45) is 0 Å². The van der Waals surface area contributed by atoms with Crippen LogP contribution in [-0.2, 0) is 0 Å². The highest BCUT2D eigenvalue weighted by Gasteiger charge is 2.40. The minimum atomic E-state index is -0.311. The molecule has 0 radical (unpaired) electrons. The number of hydrogen-bond acceptors (Lipinski definition) is 4. The third-order valence-electron chi connectivity index (χ3n) is 4.53. The number of nitrogens with one attached hydrogen (secondary N) is 1. The van der Waals surface area contributed by atoms with Gasteiger partial charge in [-0.25, -0.2) is 0 Å². The van der Waals surface area contributed by atoms with Crippen LogP contribution in [0.1, 0.15) is 27.7 Å². The molecule has 3 aromatic rings. The Kier molecular flexibility index (Phi) is 3.46. The van der Waals surface area contributed by atoms with E-state index in [1.807, 2.05) is 30.3 Å². The van der Waals surface area contributed by atoms with Crippen LogP contribution < -0.4 is 4.74 Å². The van der Waals surface area contributed by atoms with Gasteiger partial charge in [0.1, 0.15) is 17.2 Å². The number of aromatic amines is 1. The molecule has 1 aliphatic heterocycles. The normalized spacial score (nSPS) is 16.2. The summed E-state index contributed by atoms with van der Waals surface area (Å²) >= 11 is 0. The molecular weight excluding hydrogens is 318 g/mol. The number of methoxy groups -OCH3 is 1. The van der Waals surface area contributed by atoms with E-state index in [1.165, 1.54) is 0 Å². The minimum absolute atomic E-state index is 0.120. The Labute approximate surface area is 144 Å². The zero-order valence-electron chi connectivity index (χ0n) is 13.9. The number of aromatic nitrogens is 2. The first-order valence-electron chi connectivity index (χ1n) is 7.89. The molecule has 2 heterocycles. The average Bonchev–Trinajstić information content (AvgIpc) is 3.15. The summed E-state index contributed by atoms with van der Waals surface area (Å²) in [6, 6.07) is 14.2. The molecule has 1 unspecified atom stereocenters. The van der Waals surface area contributed by atoms with E-state index >= 15 is 0 Å². The molecule has 6 nitrogen and oxygen atoms in total. The summed E-state index contributed by atoms with van der Waals surface area (Å²) in [5, 5.41) is 17.1. The van der Waals surface area contributed by atoms with E-state index < -0.39 is 0 Å². The van der Waals surface area contributed by atoms with Gasteiger partial charge in [0.15, 0.2) is 0 Å². The van der Waals surface area contributed by atoms with E-state index in [-0.39, 0.29) is 17.7 Å². The van der Waals surface area contributed by atoms with Crippen LogP contribution in [0.5, 0.6) is 11.5 Å². The van der Waals surface area contributed by atoms with Crippen molar-refractivity contribution >= 4 is 5.91 Å². The summed E-state index contributed by atoms with van der Waals surface area (Å²) in [6.07, 6.45) is 0. The summed E-state index contributed by atoms with van der Waals surface area (Å²) < 4.78 is 5.29. The largest absolute Gasteiger partial charge is 0.508 e. The summed E-state index contributed by atoms with van der Waals surface area (Å²) in [4.78, 5) is 14.3. The molecule has 126 valence electrons. The van der Waals surface area contributed by atoms with Crippen LogP contribution in [0.25, 0.3) is 11.3 Å². The maximum absolute atomic E-state index is 12.6. The van der Waals surface area contributed by atoms with Gasteiger partial charge in [0.2, 0.25) is 0 Å². The summed E-state index contributed by atoms with van der Waals surface area (Å²) in [6.45, 7) is 0. The first kappa shape index (κ1) is 15.3. The van der Waals surface area contributed by atoms with Crippen molar-refractivity contribution in [1.29, 1.82) is 0 Å². The minimum Gasteiger partial charge on any atom is -0.508 e. The van der Waals surface area contributed by atoms with Gasteiger partial charge in [-0.2, -0.15) is 5.10 Å². The van der Waals surface area contributed by atoms with Crippen LogP contribution in [0.2, 0.25) is 0 Å². The third kappa shape index (κ3) is 2.34. The molecule has 0 aliphatic carbocycles. The van der Waals surface area contributed by atoms with Crippen molar-refractivity contribution in [2.75, 3.05) is 14.2 Å². The molecule has 6 heteroatoms. The quantitative estimate of drug-likeness (QED) is 0.771. The Morgan fingerprint density at radius 3 is 2.76 bits per heavy atom. The van der Waals surface area contributed by atoms with Crippen molar-refractivity contribution in [3.63, 3.8) is 0 Å². The van der Waals surface area contributed by atoms with Crippen LogP contribution in [-0.4, -0.2) is 40.3 Å². The summed E-state index contributed by atoms with van der Waals surface area (Å²) in [5.74, 6) is 0.768. The molecule has 2 aromatic carbocycles. The molecule has 0 saturated heterocycles. The number of phenols is 1. The van der Waals surface area contributed by atoms with Crippen LogP contribution in [0.3, 0.4) is 0 Å². The number of fused-ring (bicyclic) bond motifs is 1. The smallest absolute Gasteiger partial charge is 0.272 e. The van der Waals surface area contributed by atoms with Gasteiger partial charge in [-0.3, -0.25) is 9.89 Å². The number of H-pyrrole nitrogens is 1. The number of hydrogen-bond donors (Lipinski definition) is 2. The number of nitrogens with zero attached hydrogens (tertiary/aromatic N) is 2. The number of aromatic hydroxyl groups is 1. The summed E-state index contributed by atoms with van der Waals surface area (Å²) in [7, 11) is 3.36. The molecule has 4 rings (SSSR count). The highest BCUT2D eigenvalue weighted by atomic mass is 16.5. The first-order chi connectivity index (χ1) is 12.1. The Hall–Kier alpha value is -3.28. The fraction of sp³-hybridized carbons (Fsp3) is 0.158. The van der Waals surface area contributed by atoms with Gasteiger partial charge in [-0.15, -0.1) is 0 Å². The zero-order valence-corrected chi connectivity index (χ0v) is 13.9. The average molecular weight is 335 g/mol. The lowest BCUT2D eigenvalue weighted by atomic mass is 9.96. The molecule has 0 bridgehead atoms. The lowest BCUT2D eigenvalue weighted by Crippen LogP contribution is -2.24. The van der Waals surface area contributed by atoms with Crippen molar-refractivity contribution in [3.8, 4) is 22.8 Å². The summed E-state index contributed by atoms with van der Waals surface area (Å²) in [5.41, 5.74) is 3.70. The van der Waals surface area contributed by atoms with Gasteiger partial charge >= 0.3 is 0 Å². The van der Waals surface area contributed by atoms with Gasteiger partial charge in [0, 0.05) is 18.2 Å². The molecule has 1 aliphatic rings. The number of benzene rings is 2. The topological polar surface area (TPSA) is 78.5 Å². The zero-order chi connectivity index (χ0) is 17.6. The molecular formula is C19H17N3O3. The van der Waals surface area contributed by atoms with E-state index in [2.05, 4.69) is 10.2 Å². The molecule has 0 spiro atoms. The highest BCUT2D eigenvalue weighted by Crippen LogP contribution is 2.42. The highest BCUT2D eigenvalue weighted by molar-refractivity contribution is 6.00. The maximum atomic E-state index is 12.6. The second kappa shape index (κ2) is 5.66. The number of carbonyl (C=O) groups excluding carboxylic acids is 1. The molecule has 1 aromatic heterocycles. The molecule has 2 N–H and O–H groups in total. The standard InChI is InChI=1S/C19H17N3O3/c1-22-18(12-6-3-7-13(23)9-12)15-16(20-21-17(15)19(22)24)11-5-4-8-14(10-11)25-2/h3-10,18,23H,1-2H3,(H,20,21). The monoisotopic (exact) mass is 335 g/mol. The Morgan fingerprint density at radius 1 is 1.20 bits per heavy atom. The maximum Gasteiger partial charge on any atom is 0.272 e. The van der Waals surface area contributed by atoms with E-state index in [0.29, 0.717) is 11.4 Å². The Balaban J connectivity index is 1.90. The second-order valence-corrected chi connectivity index (χ2v) is 6.01. The Bertz CT molecular complexity index is 964. The van der Waals surface area contributed by atoms with Crippen LogP contribution >= 0.6 is 0 Å². The van der Waals surface area contributed by atoms with Crippen molar-refractivity contribution in [3.05, 3.63) is 65.4 Å². The van der Waals surface area contributed by atoms with Crippen LogP contribution in [0, 0.1) is 0 Å².